The van der Waals surface area contributed by atoms with Gasteiger partial charge in [-0.3, -0.25) is 9.36 Å². The third kappa shape index (κ3) is 2.70. The number of fused-ring (bicyclic) bond motifs is 1. The molecule has 0 amide bonds. The number of benzene rings is 2. The van der Waals surface area contributed by atoms with Gasteiger partial charge >= 0.3 is 10.8 Å². The standard InChI is InChI=1S/C15H10ClNO3S/c16-11-6-2-1-5-10(11)14(18)20-9-17-12-7-3-4-8-13(12)21-15(17)19/h1-8H,9H2. The van der Waals surface area contributed by atoms with Gasteiger partial charge in [0.25, 0.3) is 0 Å². The molecule has 1 heterocycles. The maximum Gasteiger partial charge on any atom is 0.341 e. The fourth-order valence-electron chi connectivity index (χ4n) is 1.96. The van der Waals surface area contributed by atoms with Crippen LogP contribution in [0.2, 0.25) is 5.02 Å². The minimum atomic E-state index is -0.553. The molecule has 6 heteroatoms. The molecule has 0 spiro atoms. The number of para-hydroxylation sites is 1. The predicted molar refractivity (Wildman–Crippen MR) is 83.0 cm³/mol. The fraction of sp³-hybridized carbons (Fsp3) is 0.0667. The van der Waals surface area contributed by atoms with Gasteiger partial charge in [0.2, 0.25) is 0 Å². The van der Waals surface area contributed by atoms with Gasteiger partial charge in [-0.05, 0) is 24.3 Å². The van der Waals surface area contributed by atoms with E-state index in [4.69, 9.17) is 16.3 Å². The summed E-state index contributed by atoms with van der Waals surface area (Å²) >= 11 is 7.06. The van der Waals surface area contributed by atoms with Crippen LogP contribution in [0.4, 0.5) is 0 Å². The Hall–Kier alpha value is -2.11. The van der Waals surface area contributed by atoms with Gasteiger partial charge in [0, 0.05) is 0 Å². The maximum absolute atomic E-state index is 12.0. The monoisotopic (exact) mass is 319 g/mol. The first kappa shape index (κ1) is 13.9. The van der Waals surface area contributed by atoms with Gasteiger partial charge in [0.15, 0.2) is 6.73 Å². The van der Waals surface area contributed by atoms with Crippen molar-refractivity contribution in [2.45, 2.75) is 6.73 Å². The molecule has 4 nitrogen and oxygen atoms in total. The number of rotatable bonds is 3. The van der Waals surface area contributed by atoms with Crippen LogP contribution >= 0.6 is 22.9 Å². The van der Waals surface area contributed by atoms with Crippen LogP contribution in [-0.2, 0) is 11.5 Å². The number of esters is 1. The van der Waals surface area contributed by atoms with Gasteiger partial charge in [-0.15, -0.1) is 0 Å². The molecule has 0 unspecified atom stereocenters. The molecule has 1 aromatic heterocycles. The summed E-state index contributed by atoms with van der Waals surface area (Å²) in [5.41, 5.74) is 1.03. The van der Waals surface area contributed by atoms with Crippen molar-refractivity contribution in [3.05, 3.63) is 68.8 Å². The molecule has 2 aromatic carbocycles. The summed E-state index contributed by atoms with van der Waals surface area (Å²) in [4.78, 5) is 23.7. The van der Waals surface area contributed by atoms with E-state index in [1.54, 1.807) is 24.3 Å². The number of hydrogen-bond acceptors (Lipinski definition) is 4. The smallest absolute Gasteiger partial charge is 0.341 e. The number of halogens is 1. The Labute approximate surface area is 129 Å². The van der Waals surface area contributed by atoms with E-state index >= 15 is 0 Å². The third-order valence-corrected chi connectivity index (χ3v) is 4.28. The molecule has 0 N–H and O–H groups in total. The SMILES string of the molecule is O=C(OCn1c(=O)sc2ccccc21)c1ccccc1Cl. The number of ether oxygens (including phenoxy) is 1. The second kappa shape index (κ2) is 5.71. The lowest BCUT2D eigenvalue weighted by Crippen LogP contribution is -2.17. The van der Waals surface area contributed by atoms with Crippen LogP contribution in [0.15, 0.2) is 53.3 Å². The molecule has 106 valence electrons. The molecule has 0 saturated carbocycles. The van der Waals surface area contributed by atoms with Crippen LogP contribution in [0, 0.1) is 0 Å². The van der Waals surface area contributed by atoms with Gasteiger partial charge in [-0.1, -0.05) is 47.2 Å². The zero-order chi connectivity index (χ0) is 14.8. The molecule has 0 aliphatic carbocycles. The third-order valence-electron chi connectivity index (χ3n) is 2.99. The summed E-state index contributed by atoms with van der Waals surface area (Å²) in [6, 6.07) is 14.0. The molecule has 0 aliphatic heterocycles. The highest BCUT2D eigenvalue weighted by Crippen LogP contribution is 2.18. The van der Waals surface area contributed by atoms with Crippen LogP contribution in [0.25, 0.3) is 10.2 Å². The maximum atomic E-state index is 12.0. The molecule has 0 fully saturated rings. The molecular formula is C15H10ClNO3S. The molecule has 0 radical (unpaired) electrons. The molecule has 3 rings (SSSR count). The summed E-state index contributed by atoms with van der Waals surface area (Å²) in [6.45, 7) is -0.132. The lowest BCUT2D eigenvalue weighted by molar-refractivity contribution is 0.0376. The summed E-state index contributed by atoms with van der Waals surface area (Å²) in [5.74, 6) is -0.553. The number of aromatic nitrogens is 1. The second-order valence-corrected chi connectivity index (χ2v) is 5.70. The molecule has 21 heavy (non-hydrogen) atoms. The highest BCUT2D eigenvalue weighted by Gasteiger charge is 2.13. The Morgan fingerprint density at radius 2 is 1.86 bits per heavy atom. The van der Waals surface area contributed by atoms with Crippen molar-refractivity contribution < 1.29 is 9.53 Å². The van der Waals surface area contributed by atoms with E-state index < -0.39 is 5.97 Å². The Kier molecular flexibility index (Phi) is 3.77. The normalized spacial score (nSPS) is 10.7. The van der Waals surface area contributed by atoms with E-state index in [9.17, 15) is 9.59 Å². The topological polar surface area (TPSA) is 48.3 Å². The van der Waals surface area contributed by atoms with E-state index in [2.05, 4.69) is 0 Å². The number of hydrogen-bond donors (Lipinski definition) is 0. The molecular weight excluding hydrogens is 310 g/mol. The Balaban J connectivity index is 1.84. The number of nitrogens with zero attached hydrogens (tertiary/aromatic N) is 1. The van der Waals surface area contributed by atoms with Crippen molar-refractivity contribution in [3.63, 3.8) is 0 Å². The van der Waals surface area contributed by atoms with E-state index in [1.165, 1.54) is 4.57 Å². The highest BCUT2D eigenvalue weighted by atomic mass is 35.5. The minimum absolute atomic E-state index is 0.132. The lowest BCUT2D eigenvalue weighted by atomic mass is 10.2. The van der Waals surface area contributed by atoms with E-state index in [0.29, 0.717) is 5.02 Å². The average molecular weight is 320 g/mol. The molecule has 0 bridgehead atoms. The van der Waals surface area contributed by atoms with Crippen molar-refractivity contribution in [2.24, 2.45) is 0 Å². The molecule has 0 aliphatic rings. The average Bonchev–Trinajstić information content (AvgIpc) is 2.81. The Bertz CT molecular complexity index is 868. The molecule has 0 atom stereocenters. The van der Waals surface area contributed by atoms with Gasteiger partial charge in [0.1, 0.15) is 0 Å². The lowest BCUT2D eigenvalue weighted by Gasteiger charge is -2.07. The highest BCUT2D eigenvalue weighted by molar-refractivity contribution is 7.16. The van der Waals surface area contributed by atoms with Crippen LogP contribution in [0.3, 0.4) is 0 Å². The van der Waals surface area contributed by atoms with Crippen molar-refractivity contribution in [1.82, 2.24) is 4.57 Å². The van der Waals surface area contributed by atoms with E-state index in [-0.39, 0.29) is 17.2 Å². The quantitative estimate of drug-likeness (QED) is 0.694. The zero-order valence-electron chi connectivity index (χ0n) is 10.8. The largest absolute Gasteiger partial charge is 0.440 e. The van der Waals surface area contributed by atoms with Crippen LogP contribution in [0.5, 0.6) is 0 Å². The Morgan fingerprint density at radius 3 is 2.67 bits per heavy atom. The van der Waals surface area contributed by atoms with Crippen LogP contribution in [0.1, 0.15) is 10.4 Å². The first-order valence-corrected chi connectivity index (χ1v) is 7.36. The van der Waals surface area contributed by atoms with Gasteiger partial charge in [-0.25, -0.2) is 4.79 Å². The second-order valence-electron chi connectivity index (χ2n) is 4.30. The summed E-state index contributed by atoms with van der Waals surface area (Å²) in [7, 11) is 0. The summed E-state index contributed by atoms with van der Waals surface area (Å²) < 4.78 is 7.47. The van der Waals surface area contributed by atoms with E-state index in [0.717, 1.165) is 21.6 Å². The van der Waals surface area contributed by atoms with Crippen molar-refractivity contribution in [1.29, 1.82) is 0 Å². The van der Waals surface area contributed by atoms with Gasteiger partial charge in [-0.2, -0.15) is 0 Å². The van der Waals surface area contributed by atoms with E-state index in [1.807, 2.05) is 24.3 Å². The van der Waals surface area contributed by atoms with Crippen molar-refractivity contribution in [3.8, 4) is 0 Å². The first-order chi connectivity index (χ1) is 10.2. The zero-order valence-corrected chi connectivity index (χ0v) is 12.4. The minimum Gasteiger partial charge on any atom is -0.440 e. The summed E-state index contributed by atoms with van der Waals surface area (Å²) in [5, 5.41) is 0.324. The fourth-order valence-corrected chi connectivity index (χ4v) is 3.06. The van der Waals surface area contributed by atoms with Crippen LogP contribution < -0.4 is 4.87 Å². The first-order valence-electron chi connectivity index (χ1n) is 6.17. The van der Waals surface area contributed by atoms with Gasteiger partial charge < -0.3 is 4.74 Å². The number of carbonyl (C=O) groups excluding carboxylic acids is 1. The van der Waals surface area contributed by atoms with Gasteiger partial charge in [0.05, 0.1) is 20.8 Å². The van der Waals surface area contributed by atoms with Crippen molar-refractivity contribution >= 4 is 39.1 Å². The number of carbonyl (C=O) groups is 1. The molecule has 0 saturated heterocycles. The summed E-state index contributed by atoms with van der Waals surface area (Å²) in [6.07, 6.45) is 0. The number of thiazole rings is 1. The predicted octanol–water partition coefficient (Wildman–Crippen LogP) is 3.53. The van der Waals surface area contributed by atoms with Crippen LogP contribution in [-0.4, -0.2) is 10.5 Å². The Morgan fingerprint density at radius 1 is 1.14 bits per heavy atom. The van der Waals surface area contributed by atoms with Crippen molar-refractivity contribution in [2.75, 3.05) is 0 Å². The molecule has 3 aromatic rings.